The Morgan fingerprint density at radius 1 is 1.19 bits per heavy atom. The highest BCUT2D eigenvalue weighted by atomic mass is 32.2. The van der Waals surface area contributed by atoms with E-state index in [-0.39, 0.29) is 0 Å². The highest BCUT2D eigenvalue weighted by Crippen LogP contribution is 2.24. The van der Waals surface area contributed by atoms with Gasteiger partial charge in [-0.1, -0.05) is 12.1 Å². The lowest BCUT2D eigenvalue weighted by Gasteiger charge is -2.14. The predicted molar refractivity (Wildman–Crippen MR) is 76.7 cm³/mol. The van der Waals surface area contributed by atoms with Crippen molar-refractivity contribution in [2.24, 2.45) is 0 Å². The maximum Gasteiger partial charge on any atom is 0.334 e. The van der Waals surface area contributed by atoms with Crippen LogP contribution in [0.4, 0.5) is 10.5 Å². The molecule has 0 unspecified atom stereocenters. The van der Waals surface area contributed by atoms with Crippen LogP contribution in [-0.2, 0) is 14.4 Å². The van der Waals surface area contributed by atoms with Crippen molar-refractivity contribution in [1.82, 2.24) is 9.80 Å². The molecular formula is C13H13N3O4S. The second-order valence-electron chi connectivity index (χ2n) is 4.29. The highest BCUT2D eigenvalue weighted by molar-refractivity contribution is 7.98. The van der Waals surface area contributed by atoms with Gasteiger partial charge in [-0.25, -0.2) is 9.69 Å². The van der Waals surface area contributed by atoms with Crippen molar-refractivity contribution in [3.05, 3.63) is 24.3 Å². The monoisotopic (exact) mass is 307 g/mol. The summed E-state index contributed by atoms with van der Waals surface area (Å²) in [6.45, 7) is -0.490. The van der Waals surface area contributed by atoms with Gasteiger partial charge in [-0.15, -0.1) is 11.8 Å². The van der Waals surface area contributed by atoms with Crippen molar-refractivity contribution in [2.75, 3.05) is 25.2 Å². The van der Waals surface area contributed by atoms with Gasteiger partial charge in [-0.2, -0.15) is 0 Å². The molecule has 0 atom stereocenters. The molecule has 21 heavy (non-hydrogen) atoms. The van der Waals surface area contributed by atoms with Gasteiger partial charge in [0.15, 0.2) is 0 Å². The lowest BCUT2D eigenvalue weighted by Crippen LogP contribution is -2.38. The molecule has 1 aliphatic rings. The Balaban J connectivity index is 2.07. The van der Waals surface area contributed by atoms with Crippen molar-refractivity contribution in [3.8, 4) is 0 Å². The lowest BCUT2D eigenvalue weighted by atomic mass is 10.3. The van der Waals surface area contributed by atoms with Crippen molar-refractivity contribution in [1.29, 1.82) is 0 Å². The van der Waals surface area contributed by atoms with Gasteiger partial charge in [0.2, 0.25) is 5.91 Å². The third-order valence-electron chi connectivity index (χ3n) is 2.93. The Hall–Kier alpha value is -2.35. The molecule has 0 aromatic heterocycles. The first-order valence-electron chi connectivity index (χ1n) is 6.02. The number of hydrogen-bond donors (Lipinski definition) is 1. The third-order valence-corrected chi connectivity index (χ3v) is 3.73. The molecule has 110 valence electrons. The SMILES string of the molecule is CSc1ccccc1NC(=O)CN1C(=O)C(=O)N(C)C1=O. The van der Waals surface area contributed by atoms with E-state index in [9.17, 15) is 19.2 Å². The Morgan fingerprint density at radius 3 is 2.43 bits per heavy atom. The van der Waals surface area contributed by atoms with Gasteiger partial charge in [0.1, 0.15) is 6.54 Å². The maximum atomic E-state index is 11.9. The van der Waals surface area contributed by atoms with Crippen LogP contribution in [0.25, 0.3) is 0 Å². The van der Waals surface area contributed by atoms with Gasteiger partial charge >= 0.3 is 17.8 Å². The molecule has 1 N–H and O–H groups in total. The van der Waals surface area contributed by atoms with Gasteiger partial charge < -0.3 is 5.32 Å². The second kappa shape index (κ2) is 5.96. The summed E-state index contributed by atoms with van der Waals surface area (Å²) >= 11 is 1.46. The fourth-order valence-electron chi connectivity index (χ4n) is 1.83. The molecule has 0 bridgehead atoms. The van der Waals surface area contributed by atoms with Crippen molar-refractivity contribution in [3.63, 3.8) is 0 Å². The molecule has 7 nitrogen and oxygen atoms in total. The Morgan fingerprint density at radius 2 is 1.86 bits per heavy atom. The summed E-state index contributed by atoms with van der Waals surface area (Å²) in [6, 6.07) is 6.36. The van der Waals surface area contributed by atoms with Crippen molar-refractivity contribution < 1.29 is 19.2 Å². The van der Waals surface area contributed by atoms with Gasteiger partial charge in [-0.05, 0) is 18.4 Å². The molecule has 1 aliphatic heterocycles. The predicted octanol–water partition coefficient (Wildman–Crippen LogP) is 0.768. The van der Waals surface area contributed by atoms with Gasteiger partial charge in [-0.3, -0.25) is 19.3 Å². The smallest absolute Gasteiger partial charge is 0.324 e. The maximum absolute atomic E-state index is 11.9. The summed E-state index contributed by atoms with van der Waals surface area (Å²) in [4.78, 5) is 48.7. The largest absolute Gasteiger partial charge is 0.334 e. The van der Waals surface area contributed by atoms with E-state index in [4.69, 9.17) is 0 Å². The summed E-state index contributed by atoms with van der Waals surface area (Å²) in [7, 11) is 1.20. The first-order chi connectivity index (χ1) is 9.95. The standard InChI is InChI=1S/C13H13N3O4S/c1-15-11(18)12(19)16(13(15)20)7-10(17)14-8-5-3-4-6-9(8)21-2/h3-6H,7H2,1-2H3,(H,14,17). The van der Waals surface area contributed by atoms with E-state index in [1.54, 1.807) is 12.1 Å². The van der Waals surface area contributed by atoms with Crippen LogP contribution in [0.2, 0.25) is 0 Å². The number of imide groups is 2. The number of urea groups is 1. The number of nitrogens with one attached hydrogen (secondary N) is 1. The number of benzene rings is 1. The van der Waals surface area contributed by atoms with Crippen LogP contribution in [0.5, 0.6) is 0 Å². The molecule has 0 aliphatic carbocycles. The van der Waals surface area contributed by atoms with Crippen LogP contribution in [0.3, 0.4) is 0 Å². The third kappa shape index (κ3) is 2.89. The van der Waals surface area contributed by atoms with E-state index in [2.05, 4.69) is 5.32 Å². The number of carbonyl (C=O) groups is 4. The number of rotatable bonds is 4. The minimum Gasteiger partial charge on any atom is -0.324 e. The minimum absolute atomic E-state index is 0.490. The summed E-state index contributed by atoms with van der Waals surface area (Å²) < 4.78 is 0. The zero-order valence-electron chi connectivity index (χ0n) is 11.5. The van der Waals surface area contributed by atoms with Crippen LogP contribution < -0.4 is 5.32 Å². The molecule has 0 spiro atoms. The Labute approximate surface area is 125 Å². The zero-order valence-corrected chi connectivity index (χ0v) is 12.3. The van der Waals surface area contributed by atoms with Crippen LogP contribution in [0.15, 0.2) is 29.2 Å². The number of amides is 5. The van der Waals surface area contributed by atoms with E-state index in [1.807, 2.05) is 18.4 Å². The molecule has 1 fully saturated rings. The number of thioether (sulfide) groups is 1. The first kappa shape index (κ1) is 15.0. The van der Waals surface area contributed by atoms with E-state index < -0.39 is 30.3 Å². The van der Waals surface area contributed by atoms with Gasteiger partial charge in [0, 0.05) is 11.9 Å². The molecule has 5 amide bonds. The topological polar surface area (TPSA) is 86.8 Å². The number of hydrogen-bond acceptors (Lipinski definition) is 5. The number of nitrogens with zero attached hydrogens (tertiary/aromatic N) is 2. The molecule has 1 saturated heterocycles. The normalized spacial score (nSPS) is 14.9. The van der Waals surface area contributed by atoms with E-state index >= 15 is 0 Å². The second-order valence-corrected chi connectivity index (χ2v) is 5.13. The van der Waals surface area contributed by atoms with E-state index in [0.717, 1.165) is 4.90 Å². The average molecular weight is 307 g/mol. The number of para-hydroxylation sites is 1. The number of anilines is 1. The molecule has 1 heterocycles. The molecule has 8 heteroatoms. The summed E-state index contributed by atoms with van der Waals surface area (Å²) in [5, 5.41) is 2.62. The Bertz CT molecular complexity index is 632. The van der Waals surface area contributed by atoms with E-state index in [0.29, 0.717) is 15.5 Å². The molecule has 1 aromatic rings. The van der Waals surface area contributed by atoms with Gasteiger partial charge in [0.05, 0.1) is 5.69 Å². The average Bonchev–Trinajstić information content (AvgIpc) is 2.66. The fraction of sp³-hybridized carbons (Fsp3) is 0.231. The number of carbonyl (C=O) groups excluding carboxylic acids is 4. The molecule has 0 radical (unpaired) electrons. The molecule has 2 rings (SSSR count). The zero-order chi connectivity index (χ0) is 15.6. The van der Waals surface area contributed by atoms with Crippen molar-refractivity contribution >= 4 is 41.2 Å². The van der Waals surface area contributed by atoms with Gasteiger partial charge in [0.25, 0.3) is 0 Å². The van der Waals surface area contributed by atoms with E-state index in [1.165, 1.54) is 18.8 Å². The first-order valence-corrected chi connectivity index (χ1v) is 7.24. The summed E-state index contributed by atoms with van der Waals surface area (Å²) in [5.41, 5.74) is 0.591. The van der Waals surface area contributed by atoms with Crippen LogP contribution >= 0.6 is 11.8 Å². The molecule has 0 saturated carbocycles. The van der Waals surface area contributed by atoms with Crippen LogP contribution in [0, 0.1) is 0 Å². The Kier molecular flexibility index (Phi) is 4.27. The summed E-state index contributed by atoms with van der Waals surface area (Å²) in [6.07, 6.45) is 1.87. The van der Waals surface area contributed by atoms with Crippen LogP contribution in [0.1, 0.15) is 0 Å². The van der Waals surface area contributed by atoms with Crippen LogP contribution in [-0.4, -0.2) is 53.4 Å². The quantitative estimate of drug-likeness (QED) is 0.504. The summed E-state index contributed by atoms with van der Waals surface area (Å²) in [5.74, 6) is -2.46. The molecular weight excluding hydrogens is 294 g/mol. The fourth-order valence-corrected chi connectivity index (χ4v) is 2.39. The highest BCUT2D eigenvalue weighted by Gasteiger charge is 2.42. The van der Waals surface area contributed by atoms with Crippen molar-refractivity contribution in [2.45, 2.75) is 4.90 Å². The molecule has 1 aromatic carbocycles. The minimum atomic E-state index is -0.990. The number of likely N-dealkylation sites (N-methyl/N-ethyl adjacent to an activating group) is 1. The lowest BCUT2D eigenvalue weighted by molar-refractivity contribution is -0.143.